The van der Waals surface area contributed by atoms with Crippen molar-refractivity contribution < 1.29 is 4.39 Å². The van der Waals surface area contributed by atoms with Crippen LogP contribution >= 0.6 is 23.4 Å². The van der Waals surface area contributed by atoms with Gasteiger partial charge in [0.1, 0.15) is 16.7 Å². The zero-order valence-electron chi connectivity index (χ0n) is 8.97. The molecule has 0 atom stereocenters. The van der Waals surface area contributed by atoms with Crippen molar-refractivity contribution in [2.45, 2.75) is 5.16 Å². The van der Waals surface area contributed by atoms with E-state index in [0.717, 1.165) is 0 Å². The maximum atomic E-state index is 13.8. The number of fused-ring (bicyclic) bond motifs is 1. The van der Waals surface area contributed by atoms with Crippen molar-refractivity contribution in [3.8, 4) is 0 Å². The number of H-pyrrole nitrogens is 1. The van der Waals surface area contributed by atoms with E-state index in [1.165, 1.54) is 11.8 Å². The number of thioether (sulfide) groups is 1. The molecule has 0 unspecified atom stereocenters. The number of pyridine rings is 1. The summed E-state index contributed by atoms with van der Waals surface area (Å²) in [6.45, 7) is 0. The van der Waals surface area contributed by atoms with Gasteiger partial charge in [-0.3, -0.25) is 4.79 Å². The Kier molecular flexibility index (Phi) is 3.21. The molecule has 0 radical (unpaired) electrons. The zero-order valence-corrected chi connectivity index (χ0v) is 10.5. The van der Waals surface area contributed by atoms with Crippen molar-refractivity contribution in [3.63, 3.8) is 0 Å². The molecule has 90 valence electrons. The molecule has 0 spiro atoms. The second-order valence-corrected chi connectivity index (χ2v) is 4.27. The minimum atomic E-state index is -0.790. The van der Waals surface area contributed by atoms with Crippen LogP contribution in [0.5, 0.6) is 0 Å². The van der Waals surface area contributed by atoms with E-state index in [9.17, 15) is 9.18 Å². The van der Waals surface area contributed by atoms with Crippen molar-refractivity contribution in [2.75, 3.05) is 18.6 Å². The Bertz CT molecular complexity index is 645. The van der Waals surface area contributed by atoms with Gasteiger partial charge in [0.25, 0.3) is 5.56 Å². The Labute approximate surface area is 105 Å². The molecule has 0 aromatic carbocycles. The van der Waals surface area contributed by atoms with Gasteiger partial charge in [-0.25, -0.2) is 14.4 Å². The molecule has 8 heteroatoms. The molecular weight excluding hydrogens is 267 g/mol. The van der Waals surface area contributed by atoms with Crippen LogP contribution in [0.1, 0.15) is 0 Å². The van der Waals surface area contributed by atoms with Crippen LogP contribution in [0.2, 0.25) is 5.15 Å². The standard InChI is InChI=1S/C9H8ClFN4OS/c1-12-7-3-5(4(11)6(10)14-7)13-9(17-2)15-8(3)16/h1-2H3,(H,12,14)(H,13,15,16). The second kappa shape index (κ2) is 4.50. The average molecular weight is 275 g/mol. The van der Waals surface area contributed by atoms with Crippen molar-refractivity contribution in [2.24, 2.45) is 0 Å². The number of halogens is 2. The van der Waals surface area contributed by atoms with Gasteiger partial charge in [-0.15, -0.1) is 0 Å². The third-order valence-electron chi connectivity index (χ3n) is 2.16. The lowest BCUT2D eigenvalue weighted by molar-refractivity contribution is 0.629. The zero-order chi connectivity index (χ0) is 12.6. The maximum Gasteiger partial charge on any atom is 0.263 e. The minimum absolute atomic E-state index is 0.0622. The first-order valence-electron chi connectivity index (χ1n) is 4.59. The van der Waals surface area contributed by atoms with Gasteiger partial charge in [0.2, 0.25) is 0 Å². The Morgan fingerprint density at radius 1 is 1.47 bits per heavy atom. The largest absolute Gasteiger partial charge is 0.372 e. The SMILES string of the molecule is CNc1nc(Cl)c(F)c2nc(SC)[nH]c(=O)c12. The summed E-state index contributed by atoms with van der Waals surface area (Å²) in [7, 11) is 1.57. The van der Waals surface area contributed by atoms with Gasteiger partial charge in [0, 0.05) is 7.05 Å². The highest BCUT2D eigenvalue weighted by molar-refractivity contribution is 7.98. The highest BCUT2D eigenvalue weighted by atomic mass is 35.5. The Hall–Kier alpha value is -1.34. The first-order chi connectivity index (χ1) is 8.08. The van der Waals surface area contributed by atoms with Gasteiger partial charge in [-0.2, -0.15) is 0 Å². The van der Waals surface area contributed by atoms with Crippen LogP contribution in [0, 0.1) is 5.82 Å². The first kappa shape index (κ1) is 12.1. The van der Waals surface area contributed by atoms with Crippen molar-refractivity contribution in [1.29, 1.82) is 0 Å². The van der Waals surface area contributed by atoms with Gasteiger partial charge < -0.3 is 10.3 Å². The predicted molar refractivity (Wildman–Crippen MR) is 66.5 cm³/mol. The molecule has 2 rings (SSSR count). The highest BCUT2D eigenvalue weighted by Gasteiger charge is 2.17. The highest BCUT2D eigenvalue weighted by Crippen LogP contribution is 2.25. The Morgan fingerprint density at radius 3 is 2.76 bits per heavy atom. The van der Waals surface area contributed by atoms with E-state index < -0.39 is 11.4 Å². The molecule has 2 aromatic rings. The molecule has 0 aliphatic carbocycles. The molecule has 17 heavy (non-hydrogen) atoms. The summed E-state index contributed by atoms with van der Waals surface area (Å²) in [5, 5.41) is 2.76. The molecule has 0 aliphatic rings. The fourth-order valence-corrected chi connectivity index (χ4v) is 1.96. The van der Waals surface area contributed by atoms with Gasteiger partial charge in [0.05, 0.1) is 0 Å². The molecule has 0 saturated carbocycles. The fourth-order valence-electron chi connectivity index (χ4n) is 1.41. The lowest BCUT2D eigenvalue weighted by Gasteiger charge is -2.07. The Morgan fingerprint density at radius 2 is 2.18 bits per heavy atom. The first-order valence-corrected chi connectivity index (χ1v) is 6.19. The van der Waals surface area contributed by atoms with Crippen molar-refractivity contribution in [1.82, 2.24) is 15.0 Å². The molecule has 2 N–H and O–H groups in total. The van der Waals surface area contributed by atoms with E-state index in [2.05, 4.69) is 20.3 Å². The summed E-state index contributed by atoms with van der Waals surface area (Å²) in [6.07, 6.45) is 1.73. The number of hydrogen-bond acceptors (Lipinski definition) is 5. The molecule has 5 nitrogen and oxygen atoms in total. The summed E-state index contributed by atoms with van der Waals surface area (Å²) in [4.78, 5) is 22.1. The average Bonchev–Trinajstić information content (AvgIpc) is 2.33. The summed E-state index contributed by atoms with van der Waals surface area (Å²) in [5.41, 5.74) is -0.533. The monoisotopic (exact) mass is 274 g/mol. The van der Waals surface area contributed by atoms with Crippen LogP contribution in [0.3, 0.4) is 0 Å². The summed E-state index contributed by atoms with van der Waals surface area (Å²) < 4.78 is 13.8. The number of nitrogens with zero attached hydrogens (tertiary/aromatic N) is 2. The predicted octanol–water partition coefficient (Wildman–Crippen LogP) is 1.87. The van der Waals surface area contributed by atoms with Gasteiger partial charge >= 0.3 is 0 Å². The third-order valence-corrected chi connectivity index (χ3v) is 2.99. The summed E-state index contributed by atoms with van der Waals surface area (Å²) in [6, 6.07) is 0. The molecule has 0 aliphatic heterocycles. The number of aromatic nitrogens is 3. The Balaban J connectivity index is 2.98. The molecule has 2 heterocycles. The third kappa shape index (κ3) is 1.96. The molecule has 2 aromatic heterocycles. The number of anilines is 1. The molecule has 0 amide bonds. The number of aromatic amines is 1. The molecule has 0 saturated heterocycles. The van der Waals surface area contributed by atoms with Crippen molar-refractivity contribution >= 4 is 40.1 Å². The lowest BCUT2D eigenvalue weighted by Crippen LogP contribution is -2.13. The number of rotatable bonds is 2. The number of nitrogens with one attached hydrogen (secondary N) is 2. The lowest BCUT2D eigenvalue weighted by atomic mass is 10.3. The number of hydrogen-bond donors (Lipinski definition) is 2. The maximum absolute atomic E-state index is 13.8. The molecular formula is C9H8ClFN4OS. The van der Waals surface area contributed by atoms with E-state index in [1.807, 2.05) is 0 Å². The molecule has 0 fully saturated rings. The van der Waals surface area contributed by atoms with E-state index >= 15 is 0 Å². The van der Waals surface area contributed by atoms with E-state index in [0.29, 0.717) is 5.16 Å². The van der Waals surface area contributed by atoms with Crippen LogP contribution in [-0.2, 0) is 0 Å². The topological polar surface area (TPSA) is 70.7 Å². The molecule has 0 bridgehead atoms. The normalized spacial score (nSPS) is 10.8. The van der Waals surface area contributed by atoms with E-state index in [-0.39, 0.29) is 21.9 Å². The smallest absolute Gasteiger partial charge is 0.263 e. The quantitative estimate of drug-likeness (QED) is 0.497. The van der Waals surface area contributed by atoms with Gasteiger partial charge in [0.15, 0.2) is 16.1 Å². The summed E-state index contributed by atoms with van der Waals surface area (Å²) >= 11 is 6.84. The van der Waals surface area contributed by atoms with Gasteiger partial charge in [-0.1, -0.05) is 23.4 Å². The fraction of sp³-hybridized carbons (Fsp3) is 0.222. The minimum Gasteiger partial charge on any atom is -0.372 e. The van der Waals surface area contributed by atoms with E-state index in [4.69, 9.17) is 11.6 Å². The van der Waals surface area contributed by atoms with Crippen LogP contribution < -0.4 is 10.9 Å². The van der Waals surface area contributed by atoms with Crippen LogP contribution in [-0.4, -0.2) is 28.3 Å². The van der Waals surface area contributed by atoms with Crippen LogP contribution in [0.4, 0.5) is 10.2 Å². The van der Waals surface area contributed by atoms with Gasteiger partial charge in [-0.05, 0) is 6.26 Å². The second-order valence-electron chi connectivity index (χ2n) is 3.11. The van der Waals surface area contributed by atoms with Crippen LogP contribution in [0.25, 0.3) is 10.9 Å². The van der Waals surface area contributed by atoms with Crippen LogP contribution in [0.15, 0.2) is 9.95 Å². The van der Waals surface area contributed by atoms with Crippen molar-refractivity contribution in [3.05, 3.63) is 21.3 Å². The van der Waals surface area contributed by atoms with E-state index in [1.54, 1.807) is 13.3 Å². The summed E-state index contributed by atoms with van der Waals surface area (Å²) in [5.74, 6) is -0.588.